The molecule has 0 spiro atoms. The zero-order valence-electron chi connectivity index (χ0n) is 16.2. The molecular formula is C22H25FN4OS. The maximum Gasteiger partial charge on any atom is 0.188 e. The number of likely N-dealkylation sites (tertiary alicyclic amines) is 1. The van der Waals surface area contributed by atoms with Crippen molar-refractivity contribution in [3.8, 4) is 10.4 Å². The molecule has 4 rings (SSSR count). The van der Waals surface area contributed by atoms with Crippen molar-refractivity contribution in [1.82, 2.24) is 14.9 Å². The molecule has 0 bridgehead atoms. The summed E-state index contributed by atoms with van der Waals surface area (Å²) in [5.41, 5.74) is 2.17. The Morgan fingerprint density at radius 3 is 2.76 bits per heavy atom. The fraction of sp³-hybridized carbons (Fsp3) is 0.364. The Hall–Kier alpha value is -2.35. The molecule has 2 aromatic heterocycles. The highest BCUT2D eigenvalue weighted by Crippen LogP contribution is 2.30. The predicted octanol–water partition coefficient (Wildman–Crippen LogP) is 4.48. The molecule has 0 aliphatic carbocycles. The van der Waals surface area contributed by atoms with Gasteiger partial charge in [0.2, 0.25) is 0 Å². The van der Waals surface area contributed by atoms with Gasteiger partial charge in [0.05, 0.1) is 11.5 Å². The summed E-state index contributed by atoms with van der Waals surface area (Å²) in [5.74, 6) is 0.520. The number of aromatic nitrogens is 2. The lowest BCUT2D eigenvalue weighted by atomic mass is 10.0. The number of nitrogens with zero attached hydrogens (tertiary/aromatic N) is 3. The first kappa shape index (κ1) is 19.9. The highest BCUT2D eigenvalue weighted by molar-refractivity contribution is 7.18. The van der Waals surface area contributed by atoms with Crippen LogP contribution in [-0.4, -0.2) is 45.7 Å². The number of nitrogens with one attached hydrogen (secondary N) is 1. The number of halogens is 1. The van der Waals surface area contributed by atoms with E-state index in [2.05, 4.69) is 26.3 Å². The van der Waals surface area contributed by atoms with Gasteiger partial charge in [-0.1, -0.05) is 29.5 Å². The highest BCUT2D eigenvalue weighted by atomic mass is 32.1. The van der Waals surface area contributed by atoms with Crippen molar-refractivity contribution in [2.45, 2.75) is 31.7 Å². The van der Waals surface area contributed by atoms with E-state index in [4.69, 9.17) is 0 Å². The summed E-state index contributed by atoms with van der Waals surface area (Å²) in [6.45, 7) is 2.11. The molecule has 5 nitrogen and oxygen atoms in total. The minimum absolute atomic E-state index is 0.234. The van der Waals surface area contributed by atoms with E-state index in [0.29, 0.717) is 6.04 Å². The predicted molar refractivity (Wildman–Crippen MR) is 115 cm³/mol. The maximum atomic E-state index is 13.1. The van der Waals surface area contributed by atoms with Crippen LogP contribution in [0.1, 0.15) is 24.8 Å². The maximum absolute atomic E-state index is 13.1. The molecular weight excluding hydrogens is 387 g/mol. The van der Waals surface area contributed by atoms with Crippen LogP contribution in [-0.2, 0) is 6.42 Å². The zero-order chi connectivity index (χ0) is 20.1. The van der Waals surface area contributed by atoms with Crippen molar-refractivity contribution in [3.63, 3.8) is 0 Å². The Labute approximate surface area is 174 Å². The minimum atomic E-state index is -0.241. The van der Waals surface area contributed by atoms with Crippen LogP contribution in [0.4, 0.5) is 15.3 Å². The number of hydrogen-bond donors (Lipinski definition) is 2. The molecule has 1 aromatic carbocycles. The minimum Gasteiger partial charge on any atom is -0.395 e. The van der Waals surface area contributed by atoms with Gasteiger partial charge in [-0.25, -0.2) is 14.4 Å². The van der Waals surface area contributed by atoms with Crippen LogP contribution in [0, 0.1) is 5.82 Å². The van der Waals surface area contributed by atoms with Crippen LogP contribution in [0.2, 0.25) is 0 Å². The Morgan fingerprint density at radius 2 is 2.00 bits per heavy atom. The summed E-state index contributed by atoms with van der Waals surface area (Å²) in [5, 5.41) is 13.2. The summed E-state index contributed by atoms with van der Waals surface area (Å²) < 4.78 is 13.1. The molecule has 152 valence electrons. The number of benzene rings is 1. The molecule has 0 unspecified atom stereocenters. The third-order valence-corrected chi connectivity index (χ3v) is 6.31. The summed E-state index contributed by atoms with van der Waals surface area (Å²) in [6.07, 6.45) is 8.23. The molecule has 2 N–H and O–H groups in total. The van der Waals surface area contributed by atoms with Crippen LogP contribution in [0.3, 0.4) is 0 Å². The third-order valence-electron chi connectivity index (χ3n) is 5.35. The fourth-order valence-electron chi connectivity index (χ4n) is 3.81. The summed E-state index contributed by atoms with van der Waals surface area (Å²) in [4.78, 5) is 12.3. The summed E-state index contributed by atoms with van der Waals surface area (Å²) in [6, 6.07) is 11.1. The number of β-amino-alcohol motifs (C(OH)–C–C–N with tert-alkyl or cyclic N) is 1. The van der Waals surface area contributed by atoms with Crippen LogP contribution in [0.5, 0.6) is 0 Å². The van der Waals surface area contributed by atoms with E-state index < -0.39 is 0 Å². The molecule has 1 fully saturated rings. The average Bonchev–Trinajstić information content (AvgIpc) is 3.38. The van der Waals surface area contributed by atoms with Gasteiger partial charge in [0.15, 0.2) is 5.13 Å². The van der Waals surface area contributed by atoms with Crippen LogP contribution >= 0.6 is 11.3 Å². The fourth-order valence-corrected chi connectivity index (χ4v) is 4.64. The van der Waals surface area contributed by atoms with E-state index >= 15 is 0 Å². The van der Waals surface area contributed by atoms with Crippen LogP contribution < -0.4 is 5.32 Å². The molecule has 3 aromatic rings. The van der Waals surface area contributed by atoms with Gasteiger partial charge in [0, 0.05) is 25.0 Å². The Kier molecular flexibility index (Phi) is 6.49. The Morgan fingerprint density at radius 1 is 1.14 bits per heavy atom. The zero-order valence-corrected chi connectivity index (χ0v) is 17.0. The largest absolute Gasteiger partial charge is 0.395 e. The lowest BCUT2D eigenvalue weighted by Crippen LogP contribution is -2.32. The van der Waals surface area contributed by atoms with Crippen molar-refractivity contribution in [2.24, 2.45) is 0 Å². The first-order valence-corrected chi connectivity index (χ1v) is 10.8. The van der Waals surface area contributed by atoms with Gasteiger partial charge in [-0.15, -0.1) is 0 Å². The number of aryl methyl sites for hydroxylation is 1. The molecule has 0 radical (unpaired) electrons. The topological polar surface area (TPSA) is 61.3 Å². The third kappa shape index (κ3) is 5.18. The number of aliphatic hydroxyl groups excluding tert-OH is 1. The SMILES string of the molecule is OCCN1CCC[C@@H]1CCc1ccc(Nc2ncc(-c3ccc(F)cc3)s2)nc1. The standard InChI is InChI=1S/C22H25FN4OS/c23-18-7-5-17(6-8-18)20-15-25-22(29-20)26-21-10-4-16(14-24-21)3-9-19-2-1-11-27(19)12-13-28/h4-8,10,14-15,19,28H,1-3,9,11-13H2,(H,24,25,26)/t19-/m1/s1. The van der Waals surface area contributed by atoms with Gasteiger partial charge in [0.25, 0.3) is 0 Å². The van der Waals surface area contributed by atoms with E-state index in [9.17, 15) is 9.50 Å². The van der Waals surface area contributed by atoms with Crippen molar-refractivity contribution >= 4 is 22.3 Å². The smallest absolute Gasteiger partial charge is 0.188 e. The number of hydrogen-bond acceptors (Lipinski definition) is 6. The van der Waals surface area contributed by atoms with E-state index in [1.54, 1.807) is 18.3 Å². The van der Waals surface area contributed by atoms with Crippen molar-refractivity contribution in [1.29, 1.82) is 0 Å². The molecule has 1 saturated heterocycles. The van der Waals surface area contributed by atoms with E-state index in [-0.39, 0.29) is 12.4 Å². The van der Waals surface area contributed by atoms with E-state index in [1.807, 2.05) is 12.3 Å². The molecule has 1 aliphatic heterocycles. The quantitative estimate of drug-likeness (QED) is 0.571. The van der Waals surface area contributed by atoms with E-state index in [0.717, 1.165) is 47.3 Å². The molecule has 29 heavy (non-hydrogen) atoms. The molecule has 1 aliphatic rings. The molecule has 1 atom stereocenters. The second kappa shape index (κ2) is 9.43. The number of pyridine rings is 1. The molecule has 7 heteroatoms. The van der Waals surface area contributed by atoms with Gasteiger partial charge in [-0.2, -0.15) is 0 Å². The highest BCUT2D eigenvalue weighted by Gasteiger charge is 2.23. The molecule has 0 amide bonds. The lowest BCUT2D eigenvalue weighted by molar-refractivity contribution is 0.180. The molecule has 0 saturated carbocycles. The Balaban J connectivity index is 1.32. The van der Waals surface area contributed by atoms with E-state index in [1.165, 1.54) is 41.9 Å². The summed E-state index contributed by atoms with van der Waals surface area (Å²) >= 11 is 1.51. The Bertz CT molecular complexity index is 913. The van der Waals surface area contributed by atoms with Crippen LogP contribution in [0.25, 0.3) is 10.4 Å². The van der Waals surface area contributed by atoms with Gasteiger partial charge >= 0.3 is 0 Å². The van der Waals surface area contributed by atoms with Crippen LogP contribution in [0.15, 0.2) is 48.8 Å². The number of rotatable bonds is 8. The normalized spacial score (nSPS) is 17.0. The van der Waals surface area contributed by atoms with Gasteiger partial charge in [-0.05, 0) is 61.6 Å². The second-order valence-corrected chi connectivity index (χ2v) is 8.34. The monoisotopic (exact) mass is 412 g/mol. The van der Waals surface area contributed by atoms with Crippen molar-refractivity contribution < 1.29 is 9.50 Å². The van der Waals surface area contributed by atoms with Crippen molar-refractivity contribution in [3.05, 3.63) is 60.2 Å². The second-order valence-electron chi connectivity index (χ2n) is 7.31. The van der Waals surface area contributed by atoms with Gasteiger partial charge in [-0.3, -0.25) is 4.90 Å². The van der Waals surface area contributed by atoms with Crippen molar-refractivity contribution in [2.75, 3.05) is 25.0 Å². The number of anilines is 2. The number of thiazole rings is 1. The molecule has 3 heterocycles. The first-order chi connectivity index (χ1) is 14.2. The summed E-state index contributed by atoms with van der Waals surface area (Å²) in [7, 11) is 0. The van der Waals surface area contributed by atoms with Gasteiger partial charge in [0.1, 0.15) is 11.6 Å². The number of aliphatic hydroxyl groups is 1. The first-order valence-electron chi connectivity index (χ1n) is 10.00. The average molecular weight is 413 g/mol. The van der Waals surface area contributed by atoms with Gasteiger partial charge < -0.3 is 10.4 Å². The lowest BCUT2D eigenvalue weighted by Gasteiger charge is -2.23.